The highest BCUT2D eigenvalue weighted by Crippen LogP contribution is 2.18. The third kappa shape index (κ3) is 2.88. The average molecular weight is 207 g/mol. The molecule has 76 valence electrons. The molecule has 15 heavy (non-hydrogen) atoms. The Kier molecular flexibility index (Phi) is 3.52. The van der Waals surface area contributed by atoms with Crippen molar-refractivity contribution in [3.05, 3.63) is 39.7 Å². The van der Waals surface area contributed by atoms with Crippen molar-refractivity contribution in [3.63, 3.8) is 0 Å². The van der Waals surface area contributed by atoms with Crippen molar-refractivity contribution in [2.75, 3.05) is 0 Å². The fraction of sp³-hybridized carbons (Fsp3) is 0.100. The highest BCUT2D eigenvalue weighted by atomic mass is 19.1. The number of carbonyl (C=O) groups excluding carboxylic acids is 1. The number of halogens is 1. The number of benzene rings is 1. The monoisotopic (exact) mass is 207 g/mol. The summed E-state index contributed by atoms with van der Waals surface area (Å²) in [6, 6.07) is 3.09. The third-order valence-electron chi connectivity index (χ3n) is 1.56. The van der Waals surface area contributed by atoms with E-state index in [0.717, 1.165) is 12.1 Å². The average Bonchev–Trinajstić information content (AvgIpc) is 2.20. The Bertz CT molecular complexity index is 459. The zero-order valence-electron chi connectivity index (χ0n) is 7.57. The number of aldehydes is 1. The molecule has 0 bridgehead atoms. The zero-order valence-corrected chi connectivity index (χ0v) is 7.57. The van der Waals surface area contributed by atoms with Gasteiger partial charge in [0.15, 0.2) is 0 Å². The molecule has 0 aliphatic heterocycles. The number of nitro groups is 1. The number of nitro benzene ring substituents is 1. The molecule has 4 nitrogen and oxygen atoms in total. The van der Waals surface area contributed by atoms with Gasteiger partial charge in [-0.1, -0.05) is 11.8 Å². The van der Waals surface area contributed by atoms with Gasteiger partial charge in [-0.05, 0) is 12.1 Å². The van der Waals surface area contributed by atoms with Gasteiger partial charge in [-0.2, -0.15) is 0 Å². The molecule has 0 unspecified atom stereocenters. The Balaban J connectivity index is 3.13. The molecule has 0 amide bonds. The van der Waals surface area contributed by atoms with Crippen molar-refractivity contribution in [3.8, 4) is 11.8 Å². The summed E-state index contributed by atoms with van der Waals surface area (Å²) in [6.45, 7) is 0. The standard InChI is InChI=1S/C10H6FNO3/c11-9-5-4-8(3-1-2-6-13)10(7-9)12(14)15/h4-7H,2H2. The van der Waals surface area contributed by atoms with Gasteiger partial charge in [0.1, 0.15) is 17.7 Å². The number of hydrogen-bond donors (Lipinski definition) is 0. The molecule has 1 aromatic rings. The molecular weight excluding hydrogens is 201 g/mol. The van der Waals surface area contributed by atoms with Crippen molar-refractivity contribution in [1.82, 2.24) is 0 Å². The van der Waals surface area contributed by atoms with Crippen LogP contribution in [0.2, 0.25) is 0 Å². The van der Waals surface area contributed by atoms with E-state index >= 15 is 0 Å². The van der Waals surface area contributed by atoms with Gasteiger partial charge in [0, 0.05) is 0 Å². The van der Waals surface area contributed by atoms with E-state index in [-0.39, 0.29) is 12.0 Å². The predicted octanol–water partition coefficient (Wildman–Crippen LogP) is 1.67. The maximum atomic E-state index is 12.7. The molecule has 0 fully saturated rings. The first-order chi connectivity index (χ1) is 7.15. The number of nitrogens with zero attached hydrogens (tertiary/aromatic N) is 1. The normalized spacial score (nSPS) is 8.87. The van der Waals surface area contributed by atoms with Crippen LogP contribution < -0.4 is 0 Å². The topological polar surface area (TPSA) is 60.2 Å². The molecule has 0 atom stereocenters. The van der Waals surface area contributed by atoms with Crippen molar-refractivity contribution >= 4 is 12.0 Å². The quantitative estimate of drug-likeness (QED) is 0.321. The molecule has 0 aromatic heterocycles. The molecule has 1 rings (SSSR count). The fourth-order valence-corrected chi connectivity index (χ4v) is 0.949. The van der Waals surface area contributed by atoms with Crippen molar-refractivity contribution in [1.29, 1.82) is 0 Å². The SMILES string of the molecule is O=CCC#Cc1ccc(F)cc1[N+](=O)[O-]. The summed E-state index contributed by atoms with van der Waals surface area (Å²) in [7, 11) is 0. The lowest BCUT2D eigenvalue weighted by molar-refractivity contribution is -0.385. The molecule has 0 spiro atoms. The number of carbonyl (C=O) groups is 1. The minimum absolute atomic E-state index is 0.00543. The van der Waals surface area contributed by atoms with Crippen LogP contribution in [0, 0.1) is 27.8 Å². The Labute approximate surface area is 84.9 Å². The molecule has 5 heteroatoms. The lowest BCUT2D eigenvalue weighted by atomic mass is 10.2. The second kappa shape index (κ2) is 4.86. The van der Waals surface area contributed by atoms with Gasteiger partial charge in [-0.15, -0.1) is 0 Å². The molecule has 0 radical (unpaired) electrons. The number of hydrogen-bond acceptors (Lipinski definition) is 3. The van der Waals surface area contributed by atoms with Crippen LogP contribution >= 0.6 is 0 Å². The van der Waals surface area contributed by atoms with E-state index in [9.17, 15) is 19.3 Å². The third-order valence-corrected chi connectivity index (χ3v) is 1.56. The summed E-state index contributed by atoms with van der Waals surface area (Å²) in [5, 5.41) is 10.5. The van der Waals surface area contributed by atoms with Crippen LogP contribution in [-0.4, -0.2) is 11.2 Å². The van der Waals surface area contributed by atoms with Gasteiger partial charge in [0.05, 0.1) is 17.4 Å². The molecule has 0 saturated carbocycles. The number of rotatable bonds is 2. The Hall–Kier alpha value is -2.22. The smallest absolute Gasteiger partial charge is 0.287 e. The van der Waals surface area contributed by atoms with Crippen LogP contribution in [0.25, 0.3) is 0 Å². The Morgan fingerprint density at radius 3 is 2.87 bits per heavy atom. The first-order valence-corrected chi connectivity index (χ1v) is 4.01. The van der Waals surface area contributed by atoms with Crippen molar-refractivity contribution < 1.29 is 14.1 Å². The van der Waals surface area contributed by atoms with Crippen LogP contribution in [0.5, 0.6) is 0 Å². The Morgan fingerprint density at radius 2 is 2.27 bits per heavy atom. The van der Waals surface area contributed by atoms with Gasteiger partial charge in [0.25, 0.3) is 5.69 Å². The van der Waals surface area contributed by atoms with Gasteiger partial charge >= 0.3 is 0 Å². The lowest BCUT2D eigenvalue weighted by Crippen LogP contribution is -1.93. The lowest BCUT2D eigenvalue weighted by Gasteiger charge is -1.94. The van der Waals surface area contributed by atoms with E-state index in [2.05, 4.69) is 11.8 Å². The van der Waals surface area contributed by atoms with Crippen LogP contribution in [0.1, 0.15) is 12.0 Å². The summed E-state index contributed by atoms with van der Waals surface area (Å²) in [5.41, 5.74) is -0.295. The second-order valence-corrected chi connectivity index (χ2v) is 2.59. The fourth-order valence-electron chi connectivity index (χ4n) is 0.949. The molecule has 0 aliphatic carbocycles. The summed E-state index contributed by atoms with van der Waals surface area (Å²) in [6.07, 6.45) is 0.580. The summed E-state index contributed by atoms with van der Waals surface area (Å²) in [5.74, 6) is 4.16. The van der Waals surface area contributed by atoms with Gasteiger partial charge in [-0.25, -0.2) is 4.39 Å². The largest absolute Gasteiger partial charge is 0.302 e. The van der Waals surface area contributed by atoms with Crippen molar-refractivity contribution in [2.24, 2.45) is 0 Å². The zero-order chi connectivity index (χ0) is 11.3. The van der Waals surface area contributed by atoms with Crippen LogP contribution in [0.15, 0.2) is 18.2 Å². The maximum Gasteiger partial charge on any atom is 0.287 e. The molecule has 0 heterocycles. The summed E-state index contributed by atoms with van der Waals surface area (Å²) >= 11 is 0. The van der Waals surface area contributed by atoms with E-state index in [4.69, 9.17) is 0 Å². The highest BCUT2D eigenvalue weighted by Gasteiger charge is 2.12. The van der Waals surface area contributed by atoms with Gasteiger partial charge in [0.2, 0.25) is 0 Å². The molecular formula is C10H6FNO3. The van der Waals surface area contributed by atoms with Crippen LogP contribution in [0.3, 0.4) is 0 Å². The van der Waals surface area contributed by atoms with Gasteiger partial charge < -0.3 is 4.79 Å². The molecule has 0 saturated heterocycles. The Morgan fingerprint density at radius 1 is 1.53 bits per heavy atom. The highest BCUT2D eigenvalue weighted by molar-refractivity contribution is 5.57. The predicted molar refractivity (Wildman–Crippen MR) is 50.6 cm³/mol. The minimum Gasteiger partial charge on any atom is -0.302 e. The van der Waals surface area contributed by atoms with E-state index in [1.165, 1.54) is 6.07 Å². The molecule has 0 N–H and O–H groups in total. The van der Waals surface area contributed by atoms with Gasteiger partial charge in [-0.3, -0.25) is 10.1 Å². The first-order valence-electron chi connectivity index (χ1n) is 4.01. The second-order valence-electron chi connectivity index (χ2n) is 2.59. The summed E-state index contributed by atoms with van der Waals surface area (Å²) < 4.78 is 12.7. The summed E-state index contributed by atoms with van der Waals surface area (Å²) in [4.78, 5) is 19.8. The van der Waals surface area contributed by atoms with E-state index in [0.29, 0.717) is 6.29 Å². The molecule has 1 aromatic carbocycles. The van der Waals surface area contributed by atoms with E-state index in [1.807, 2.05) is 0 Å². The minimum atomic E-state index is -0.714. The van der Waals surface area contributed by atoms with Crippen LogP contribution in [0.4, 0.5) is 10.1 Å². The van der Waals surface area contributed by atoms with E-state index < -0.39 is 16.4 Å². The van der Waals surface area contributed by atoms with Crippen LogP contribution in [-0.2, 0) is 4.79 Å². The van der Waals surface area contributed by atoms with Crippen molar-refractivity contribution in [2.45, 2.75) is 6.42 Å². The first kappa shape index (κ1) is 10.9. The molecule has 0 aliphatic rings. The maximum absolute atomic E-state index is 12.7. The van der Waals surface area contributed by atoms with E-state index in [1.54, 1.807) is 0 Å².